The van der Waals surface area contributed by atoms with E-state index in [-0.39, 0.29) is 5.82 Å². The van der Waals surface area contributed by atoms with Gasteiger partial charge in [0.1, 0.15) is 12.1 Å². The summed E-state index contributed by atoms with van der Waals surface area (Å²) in [6.07, 6.45) is 1.54. The number of alkyl halides is 1. The molecule has 18 heavy (non-hydrogen) atoms. The standard InChI is InChI=1S/C14H9ClFNO/c15-7-13-8-18-14(17-13)11-2-1-10-6-12(16)4-3-9(10)5-11/h1-6,8H,7H2. The predicted octanol–water partition coefficient (Wildman–Crippen LogP) is 4.37. The molecular formula is C14H9ClFNO. The van der Waals surface area contributed by atoms with Gasteiger partial charge in [-0.05, 0) is 35.0 Å². The van der Waals surface area contributed by atoms with Crippen molar-refractivity contribution in [1.29, 1.82) is 0 Å². The maximum atomic E-state index is 13.1. The van der Waals surface area contributed by atoms with Gasteiger partial charge in [0.05, 0.1) is 11.6 Å². The number of halogens is 2. The van der Waals surface area contributed by atoms with Crippen LogP contribution in [0.25, 0.3) is 22.2 Å². The van der Waals surface area contributed by atoms with Crippen molar-refractivity contribution >= 4 is 22.4 Å². The molecule has 0 saturated carbocycles. The molecular weight excluding hydrogens is 253 g/mol. The summed E-state index contributed by atoms with van der Waals surface area (Å²) in [4.78, 5) is 4.25. The van der Waals surface area contributed by atoms with Gasteiger partial charge < -0.3 is 4.42 Å². The molecule has 3 rings (SSSR count). The summed E-state index contributed by atoms with van der Waals surface area (Å²) in [7, 11) is 0. The summed E-state index contributed by atoms with van der Waals surface area (Å²) in [5.41, 5.74) is 1.55. The third-order valence-corrected chi connectivity index (χ3v) is 3.01. The number of aromatic nitrogens is 1. The molecule has 0 atom stereocenters. The lowest BCUT2D eigenvalue weighted by atomic mass is 10.1. The molecule has 0 unspecified atom stereocenters. The average Bonchev–Trinajstić information content (AvgIpc) is 2.87. The van der Waals surface area contributed by atoms with E-state index in [0.717, 1.165) is 16.3 Å². The summed E-state index contributed by atoms with van der Waals surface area (Å²) in [5.74, 6) is 0.607. The molecule has 0 aliphatic rings. The lowest BCUT2D eigenvalue weighted by Crippen LogP contribution is -1.82. The van der Waals surface area contributed by atoms with E-state index in [4.69, 9.17) is 16.0 Å². The first-order valence-electron chi connectivity index (χ1n) is 5.46. The van der Waals surface area contributed by atoms with E-state index in [1.807, 2.05) is 18.2 Å². The lowest BCUT2D eigenvalue weighted by Gasteiger charge is -2.00. The highest BCUT2D eigenvalue weighted by molar-refractivity contribution is 6.16. The van der Waals surface area contributed by atoms with Gasteiger partial charge in [0, 0.05) is 5.56 Å². The van der Waals surface area contributed by atoms with Crippen molar-refractivity contribution in [2.45, 2.75) is 5.88 Å². The van der Waals surface area contributed by atoms with E-state index in [0.29, 0.717) is 17.5 Å². The van der Waals surface area contributed by atoms with Crippen LogP contribution in [0.15, 0.2) is 47.1 Å². The summed E-state index contributed by atoms with van der Waals surface area (Å²) in [5, 5.41) is 1.79. The van der Waals surface area contributed by atoms with Crippen molar-refractivity contribution in [3.63, 3.8) is 0 Å². The molecule has 1 aromatic heterocycles. The van der Waals surface area contributed by atoms with Crippen LogP contribution in [0, 0.1) is 5.82 Å². The molecule has 3 aromatic rings. The maximum absolute atomic E-state index is 13.1. The topological polar surface area (TPSA) is 26.0 Å². The molecule has 0 bridgehead atoms. The Balaban J connectivity index is 2.10. The quantitative estimate of drug-likeness (QED) is 0.640. The maximum Gasteiger partial charge on any atom is 0.226 e. The fraction of sp³-hybridized carbons (Fsp3) is 0.0714. The smallest absolute Gasteiger partial charge is 0.226 e. The molecule has 0 spiro atoms. The largest absolute Gasteiger partial charge is 0.444 e. The Morgan fingerprint density at radius 2 is 1.89 bits per heavy atom. The molecule has 0 aliphatic carbocycles. The second kappa shape index (κ2) is 4.42. The zero-order valence-electron chi connectivity index (χ0n) is 9.36. The van der Waals surface area contributed by atoms with Gasteiger partial charge in [-0.1, -0.05) is 12.1 Å². The van der Waals surface area contributed by atoms with Crippen LogP contribution in [0.3, 0.4) is 0 Å². The van der Waals surface area contributed by atoms with Crippen LogP contribution in [-0.2, 0) is 5.88 Å². The number of rotatable bonds is 2. The highest BCUT2D eigenvalue weighted by Crippen LogP contribution is 2.24. The van der Waals surface area contributed by atoms with Gasteiger partial charge >= 0.3 is 0 Å². The van der Waals surface area contributed by atoms with Crippen LogP contribution < -0.4 is 0 Å². The lowest BCUT2D eigenvalue weighted by molar-refractivity contribution is 0.573. The number of benzene rings is 2. The minimum Gasteiger partial charge on any atom is -0.444 e. The fourth-order valence-electron chi connectivity index (χ4n) is 1.85. The van der Waals surface area contributed by atoms with E-state index < -0.39 is 0 Å². The van der Waals surface area contributed by atoms with Crippen LogP contribution in [-0.4, -0.2) is 4.98 Å². The van der Waals surface area contributed by atoms with E-state index in [9.17, 15) is 4.39 Å². The van der Waals surface area contributed by atoms with Gasteiger partial charge in [-0.25, -0.2) is 9.37 Å². The Bertz CT molecular complexity index is 708. The van der Waals surface area contributed by atoms with Crippen molar-refractivity contribution in [3.8, 4) is 11.5 Å². The summed E-state index contributed by atoms with van der Waals surface area (Å²) >= 11 is 5.68. The monoisotopic (exact) mass is 261 g/mol. The van der Waals surface area contributed by atoms with Crippen molar-refractivity contribution in [1.82, 2.24) is 4.98 Å². The van der Waals surface area contributed by atoms with Crippen LogP contribution in [0.5, 0.6) is 0 Å². The number of oxazole rings is 1. The Morgan fingerprint density at radius 3 is 2.67 bits per heavy atom. The molecule has 0 aliphatic heterocycles. The fourth-order valence-corrected chi connectivity index (χ4v) is 1.97. The molecule has 1 heterocycles. The van der Waals surface area contributed by atoms with Crippen LogP contribution in [0.1, 0.15) is 5.69 Å². The molecule has 0 saturated heterocycles. The average molecular weight is 262 g/mol. The van der Waals surface area contributed by atoms with Gasteiger partial charge in [-0.2, -0.15) is 0 Å². The Labute approximate surface area is 108 Å². The SMILES string of the molecule is Fc1ccc2cc(-c3nc(CCl)co3)ccc2c1. The predicted molar refractivity (Wildman–Crippen MR) is 69.0 cm³/mol. The summed E-state index contributed by atoms with van der Waals surface area (Å²) in [6.45, 7) is 0. The van der Waals surface area contributed by atoms with Gasteiger partial charge in [-0.15, -0.1) is 11.6 Å². The Kier molecular flexibility index (Phi) is 2.76. The molecule has 2 nitrogen and oxygen atoms in total. The zero-order chi connectivity index (χ0) is 12.5. The third-order valence-electron chi connectivity index (χ3n) is 2.74. The molecule has 0 amide bonds. The van der Waals surface area contributed by atoms with Crippen molar-refractivity contribution in [2.24, 2.45) is 0 Å². The van der Waals surface area contributed by atoms with E-state index in [1.165, 1.54) is 18.4 Å². The molecule has 90 valence electrons. The van der Waals surface area contributed by atoms with Gasteiger partial charge in [0.25, 0.3) is 0 Å². The number of fused-ring (bicyclic) bond motifs is 1. The second-order valence-electron chi connectivity index (χ2n) is 3.98. The Hall–Kier alpha value is -1.87. The molecule has 0 radical (unpaired) electrons. The highest BCUT2D eigenvalue weighted by atomic mass is 35.5. The minimum atomic E-state index is -0.240. The van der Waals surface area contributed by atoms with Crippen LogP contribution in [0.2, 0.25) is 0 Å². The number of hydrogen-bond acceptors (Lipinski definition) is 2. The third kappa shape index (κ3) is 1.97. The van der Waals surface area contributed by atoms with E-state index >= 15 is 0 Å². The highest BCUT2D eigenvalue weighted by Gasteiger charge is 2.07. The van der Waals surface area contributed by atoms with E-state index in [1.54, 1.807) is 6.07 Å². The van der Waals surface area contributed by atoms with Gasteiger partial charge in [0.2, 0.25) is 5.89 Å². The van der Waals surface area contributed by atoms with Crippen molar-refractivity contribution < 1.29 is 8.81 Å². The van der Waals surface area contributed by atoms with Crippen molar-refractivity contribution in [2.75, 3.05) is 0 Å². The Morgan fingerprint density at radius 1 is 1.11 bits per heavy atom. The normalized spacial score (nSPS) is 11.0. The molecule has 0 fully saturated rings. The van der Waals surface area contributed by atoms with Crippen molar-refractivity contribution in [3.05, 3.63) is 54.2 Å². The number of hydrogen-bond donors (Lipinski definition) is 0. The summed E-state index contributed by atoms with van der Waals surface area (Å²) < 4.78 is 18.4. The van der Waals surface area contributed by atoms with Gasteiger partial charge in [-0.3, -0.25) is 0 Å². The van der Waals surface area contributed by atoms with Gasteiger partial charge in [0.15, 0.2) is 0 Å². The number of nitrogens with zero attached hydrogens (tertiary/aromatic N) is 1. The summed E-state index contributed by atoms with van der Waals surface area (Å²) in [6, 6.07) is 10.3. The molecule has 0 N–H and O–H groups in total. The minimum absolute atomic E-state index is 0.240. The molecule has 2 aromatic carbocycles. The first-order chi connectivity index (χ1) is 8.76. The van der Waals surface area contributed by atoms with Crippen LogP contribution >= 0.6 is 11.6 Å². The second-order valence-corrected chi connectivity index (χ2v) is 4.25. The molecule has 4 heteroatoms. The van der Waals surface area contributed by atoms with Crippen LogP contribution in [0.4, 0.5) is 4.39 Å². The zero-order valence-corrected chi connectivity index (χ0v) is 10.1. The first-order valence-corrected chi connectivity index (χ1v) is 6.00. The first kappa shape index (κ1) is 11.2. The van der Waals surface area contributed by atoms with E-state index in [2.05, 4.69) is 4.98 Å².